The van der Waals surface area contributed by atoms with E-state index < -0.39 is 15.8 Å². The van der Waals surface area contributed by atoms with Crippen molar-refractivity contribution in [2.45, 2.75) is 26.1 Å². The van der Waals surface area contributed by atoms with Crippen molar-refractivity contribution in [2.24, 2.45) is 10.9 Å². The fourth-order valence-electron chi connectivity index (χ4n) is 3.56. The minimum absolute atomic E-state index is 0.00575. The molecule has 1 aliphatic rings. The van der Waals surface area contributed by atoms with E-state index in [1.165, 1.54) is 31.2 Å². The third kappa shape index (κ3) is 3.79. The van der Waals surface area contributed by atoms with E-state index in [4.69, 9.17) is 0 Å². The number of nitro benzene ring substituents is 2. The number of hydrogen-bond acceptors (Lipinski definition) is 6. The van der Waals surface area contributed by atoms with Crippen LogP contribution in [0.5, 0.6) is 0 Å². The Morgan fingerprint density at radius 1 is 0.929 bits per heavy atom. The fraction of sp³-hybridized carbons (Fsp3) is 0.263. The summed E-state index contributed by atoms with van der Waals surface area (Å²) in [4.78, 5) is 37.7. The summed E-state index contributed by atoms with van der Waals surface area (Å²) >= 11 is 0. The molecular formula is C19H19N4O5+. The van der Waals surface area contributed by atoms with Crippen molar-refractivity contribution in [3.63, 3.8) is 0 Å². The van der Waals surface area contributed by atoms with Gasteiger partial charge in [-0.05, 0) is 38.1 Å². The second kappa shape index (κ2) is 7.65. The SMILES string of the molecule is CC(=O)C1C(C)=N[C@H](c2ccc([N+](=O)[O-])cc2)[NH2+][C@H]1c1ccc([N+](=O)[O-])cc1. The Labute approximate surface area is 160 Å². The quantitative estimate of drug-likeness (QED) is 0.625. The summed E-state index contributed by atoms with van der Waals surface area (Å²) in [6, 6.07) is 12.0. The Hall–Kier alpha value is -3.46. The van der Waals surface area contributed by atoms with Crippen molar-refractivity contribution in [2.75, 3.05) is 0 Å². The highest BCUT2D eigenvalue weighted by Gasteiger charge is 2.39. The number of nitro groups is 2. The molecule has 2 N–H and O–H groups in total. The number of quaternary nitrogens is 1. The number of aliphatic imine (C=N–C) groups is 1. The van der Waals surface area contributed by atoms with Crippen LogP contribution in [0, 0.1) is 26.1 Å². The molecule has 3 rings (SSSR count). The predicted molar refractivity (Wildman–Crippen MR) is 101 cm³/mol. The van der Waals surface area contributed by atoms with Crippen molar-refractivity contribution in [3.8, 4) is 0 Å². The van der Waals surface area contributed by atoms with Crippen LogP contribution >= 0.6 is 0 Å². The number of non-ortho nitro benzene ring substituents is 2. The molecule has 9 nitrogen and oxygen atoms in total. The topological polar surface area (TPSA) is 132 Å². The van der Waals surface area contributed by atoms with Gasteiger partial charge in [-0.2, -0.15) is 0 Å². The van der Waals surface area contributed by atoms with E-state index in [0.717, 1.165) is 11.1 Å². The van der Waals surface area contributed by atoms with Gasteiger partial charge in [0.2, 0.25) is 6.17 Å². The lowest BCUT2D eigenvalue weighted by Gasteiger charge is -2.31. The molecule has 0 aromatic heterocycles. The van der Waals surface area contributed by atoms with Crippen LogP contribution in [-0.4, -0.2) is 21.3 Å². The second-order valence-electron chi connectivity index (χ2n) is 6.72. The smallest absolute Gasteiger partial charge is 0.269 e. The Kier molecular flexibility index (Phi) is 5.27. The zero-order valence-electron chi connectivity index (χ0n) is 15.3. The lowest BCUT2D eigenvalue weighted by molar-refractivity contribution is -0.738. The summed E-state index contributed by atoms with van der Waals surface area (Å²) in [7, 11) is 0. The summed E-state index contributed by atoms with van der Waals surface area (Å²) in [5, 5.41) is 23.7. The number of carbonyl (C=O) groups is 1. The van der Waals surface area contributed by atoms with Gasteiger partial charge in [0.15, 0.2) is 0 Å². The summed E-state index contributed by atoms with van der Waals surface area (Å²) in [5.41, 5.74) is 2.21. The number of nitrogens with two attached hydrogens (primary N) is 1. The molecule has 9 heteroatoms. The van der Waals surface area contributed by atoms with Crippen molar-refractivity contribution < 1.29 is 20.0 Å². The molecule has 1 unspecified atom stereocenters. The summed E-state index contributed by atoms with van der Waals surface area (Å²) in [6.07, 6.45) is -0.364. The summed E-state index contributed by atoms with van der Waals surface area (Å²) < 4.78 is 0. The van der Waals surface area contributed by atoms with Gasteiger partial charge >= 0.3 is 0 Å². The Morgan fingerprint density at radius 2 is 1.39 bits per heavy atom. The van der Waals surface area contributed by atoms with Gasteiger partial charge in [0, 0.05) is 41.1 Å². The Balaban J connectivity index is 1.96. The maximum atomic E-state index is 12.2. The highest BCUT2D eigenvalue weighted by atomic mass is 16.6. The van der Waals surface area contributed by atoms with Crippen LogP contribution in [-0.2, 0) is 4.79 Å². The van der Waals surface area contributed by atoms with E-state index >= 15 is 0 Å². The molecule has 2 aromatic carbocycles. The van der Waals surface area contributed by atoms with Gasteiger partial charge in [0.25, 0.3) is 11.4 Å². The molecule has 28 heavy (non-hydrogen) atoms. The monoisotopic (exact) mass is 383 g/mol. The average molecular weight is 383 g/mol. The molecular weight excluding hydrogens is 364 g/mol. The van der Waals surface area contributed by atoms with Crippen LogP contribution in [0.2, 0.25) is 0 Å². The van der Waals surface area contributed by atoms with Crippen LogP contribution in [0.3, 0.4) is 0 Å². The molecule has 0 radical (unpaired) electrons. The molecule has 144 valence electrons. The first-order chi connectivity index (χ1) is 13.3. The molecule has 0 fully saturated rings. The minimum atomic E-state index is -0.469. The van der Waals surface area contributed by atoms with Gasteiger partial charge in [-0.25, -0.2) is 4.99 Å². The first-order valence-electron chi connectivity index (χ1n) is 8.66. The van der Waals surface area contributed by atoms with Crippen LogP contribution in [0.15, 0.2) is 53.5 Å². The lowest BCUT2D eigenvalue weighted by atomic mass is 9.84. The van der Waals surface area contributed by atoms with Crippen molar-refractivity contribution in [1.29, 1.82) is 0 Å². The van der Waals surface area contributed by atoms with E-state index in [0.29, 0.717) is 5.71 Å². The van der Waals surface area contributed by atoms with E-state index in [9.17, 15) is 25.0 Å². The van der Waals surface area contributed by atoms with Gasteiger partial charge in [-0.15, -0.1) is 0 Å². The van der Waals surface area contributed by atoms with Crippen LogP contribution < -0.4 is 5.32 Å². The number of rotatable bonds is 5. The van der Waals surface area contributed by atoms with Crippen LogP contribution in [0.1, 0.15) is 37.2 Å². The van der Waals surface area contributed by atoms with Gasteiger partial charge in [-0.1, -0.05) is 0 Å². The fourth-order valence-corrected chi connectivity index (χ4v) is 3.56. The molecule has 1 heterocycles. The number of benzene rings is 2. The first kappa shape index (κ1) is 19.3. The number of ketones is 1. The molecule has 0 saturated heterocycles. The van der Waals surface area contributed by atoms with Gasteiger partial charge in [0.05, 0.1) is 9.85 Å². The van der Waals surface area contributed by atoms with Crippen molar-refractivity contribution in [3.05, 3.63) is 79.9 Å². The van der Waals surface area contributed by atoms with Gasteiger partial charge < -0.3 is 5.32 Å². The number of carbonyl (C=O) groups excluding carboxylic acids is 1. The maximum Gasteiger partial charge on any atom is 0.269 e. The third-order valence-electron chi connectivity index (χ3n) is 4.91. The Bertz CT molecular complexity index is 953. The molecule has 0 bridgehead atoms. The molecule has 0 spiro atoms. The standard InChI is InChI=1S/C19H18N4O5/c1-11-17(12(2)24)18(13-3-7-15(8-4-13)22(25)26)21-19(20-11)14-5-9-16(10-6-14)23(27)28/h3-10,17-19,21H,1-2H3/p+1/t17?,18-,19-/m0/s1. The lowest BCUT2D eigenvalue weighted by Crippen LogP contribution is -2.89. The van der Waals surface area contributed by atoms with Gasteiger partial charge in [-0.3, -0.25) is 25.0 Å². The molecule has 1 aliphatic heterocycles. The first-order valence-corrected chi connectivity index (χ1v) is 8.66. The molecule has 0 saturated carbocycles. The van der Waals surface area contributed by atoms with Crippen LogP contribution in [0.4, 0.5) is 11.4 Å². The number of Topliss-reactive ketones (excluding diaryl/α,β-unsaturated/α-hetero) is 1. The minimum Gasteiger partial charge on any atom is -0.314 e. The summed E-state index contributed by atoms with van der Waals surface area (Å²) in [5.74, 6) is -0.487. The highest BCUT2D eigenvalue weighted by molar-refractivity contribution is 6.04. The van der Waals surface area contributed by atoms with E-state index in [1.54, 1.807) is 31.2 Å². The largest absolute Gasteiger partial charge is 0.314 e. The van der Waals surface area contributed by atoms with Gasteiger partial charge in [0.1, 0.15) is 17.7 Å². The Morgan fingerprint density at radius 3 is 1.82 bits per heavy atom. The predicted octanol–water partition coefficient (Wildman–Crippen LogP) is 2.49. The van der Waals surface area contributed by atoms with E-state index in [-0.39, 0.29) is 29.4 Å². The second-order valence-corrected chi connectivity index (χ2v) is 6.72. The highest BCUT2D eigenvalue weighted by Crippen LogP contribution is 2.29. The average Bonchev–Trinajstić information content (AvgIpc) is 2.67. The van der Waals surface area contributed by atoms with Crippen molar-refractivity contribution >= 4 is 22.9 Å². The molecule has 0 amide bonds. The van der Waals surface area contributed by atoms with Crippen LogP contribution in [0.25, 0.3) is 0 Å². The van der Waals surface area contributed by atoms with Crippen molar-refractivity contribution in [1.82, 2.24) is 0 Å². The molecule has 3 atom stereocenters. The maximum absolute atomic E-state index is 12.2. The zero-order valence-corrected chi connectivity index (χ0v) is 15.3. The zero-order chi connectivity index (χ0) is 20.4. The van der Waals surface area contributed by atoms with E-state index in [1.807, 2.05) is 5.32 Å². The molecule has 2 aromatic rings. The molecule has 0 aliphatic carbocycles. The van der Waals surface area contributed by atoms with E-state index in [2.05, 4.69) is 4.99 Å². The third-order valence-corrected chi connectivity index (χ3v) is 4.91. The normalized spacial score (nSPS) is 21.6. The number of nitrogens with zero attached hydrogens (tertiary/aromatic N) is 3. The summed E-state index contributed by atoms with van der Waals surface area (Å²) in [6.45, 7) is 3.29. The number of hydrogen-bond donors (Lipinski definition) is 1.